The Labute approximate surface area is 256 Å². The van der Waals surface area contributed by atoms with Gasteiger partial charge >= 0.3 is 12.4 Å². The lowest BCUT2D eigenvalue weighted by Gasteiger charge is -2.21. The van der Waals surface area contributed by atoms with Crippen LogP contribution in [0.3, 0.4) is 0 Å². The predicted molar refractivity (Wildman–Crippen MR) is 155 cm³/mol. The van der Waals surface area contributed by atoms with E-state index in [1.54, 1.807) is 0 Å². The van der Waals surface area contributed by atoms with Crippen molar-refractivity contribution in [2.75, 3.05) is 66.7 Å². The highest BCUT2D eigenvalue weighted by Crippen LogP contribution is 2.36. The van der Waals surface area contributed by atoms with E-state index in [2.05, 4.69) is 20.2 Å². The number of alkyl halides is 6. The standard InChI is InChI=1S/C25H24F7N5O2.C4H12N2/c1-36(2)9-8-33-23-34-13-20(21(35-23)39-19-6-4-18(26)5-7-19)22(38)37(3)14-15-10-16(24(27,28)29)12-17(11-15)25(30,31)32;1-6(2)4-3-5/h4-7,10-13H,8-9,14H2,1-3H3,(H,33,34,35);3-5H2,1-2H3. The van der Waals surface area contributed by atoms with E-state index in [1.807, 2.05) is 33.1 Å². The maximum Gasteiger partial charge on any atom is 0.416 e. The number of nitrogens with one attached hydrogen (secondary N) is 1. The first-order valence-corrected chi connectivity index (χ1v) is 13.5. The molecule has 0 atom stereocenters. The number of hydrogen-bond acceptors (Lipinski definition) is 8. The average molecular weight is 648 g/mol. The number of anilines is 1. The van der Waals surface area contributed by atoms with Gasteiger partial charge in [0.25, 0.3) is 5.91 Å². The van der Waals surface area contributed by atoms with Crippen molar-refractivity contribution in [1.29, 1.82) is 0 Å². The molecule has 1 heterocycles. The molecule has 0 radical (unpaired) electrons. The van der Waals surface area contributed by atoms with Gasteiger partial charge in [-0.2, -0.15) is 31.3 Å². The largest absolute Gasteiger partial charge is 0.438 e. The van der Waals surface area contributed by atoms with Gasteiger partial charge in [0.05, 0.1) is 11.1 Å². The molecule has 248 valence electrons. The Balaban J connectivity index is 0.00000107. The number of amides is 1. The van der Waals surface area contributed by atoms with Gasteiger partial charge < -0.3 is 30.5 Å². The lowest BCUT2D eigenvalue weighted by molar-refractivity contribution is -0.143. The van der Waals surface area contributed by atoms with Crippen LogP contribution in [-0.4, -0.2) is 92.0 Å². The highest BCUT2D eigenvalue weighted by atomic mass is 19.4. The molecule has 0 aliphatic heterocycles. The number of carbonyl (C=O) groups is 1. The second-order valence-corrected chi connectivity index (χ2v) is 10.4. The summed E-state index contributed by atoms with van der Waals surface area (Å²) in [7, 11) is 8.91. The van der Waals surface area contributed by atoms with Crippen LogP contribution in [0.15, 0.2) is 48.7 Å². The van der Waals surface area contributed by atoms with Gasteiger partial charge in [-0.15, -0.1) is 0 Å². The maximum atomic E-state index is 13.3. The van der Waals surface area contributed by atoms with Crippen molar-refractivity contribution in [1.82, 2.24) is 24.7 Å². The van der Waals surface area contributed by atoms with Crippen molar-refractivity contribution >= 4 is 11.9 Å². The Bertz CT molecular complexity index is 1350. The molecule has 3 N–H and O–H groups in total. The first-order chi connectivity index (χ1) is 20.9. The molecule has 1 amide bonds. The minimum absolute atomic E-state index is 0.00975. The number of nitrogens with zero attached hydrogens (tertiary/aromatic N) is 5. The van der Waals surface area contributed by atoms with Crippen LogP contribution in [0.25, 0.3) is 0 Å². The SMILES string of the molecule is CN(C)CCN.CN(C)CCNc1ncc(C(=O)N(C)Cc2cc(C(F)(F)F)cc(C(F)(F)F)c2)c(Oc2ccc(F)cc2)n1. The number of nitrogens with two attached hydrogens (primary N) is 1. The third kappa shape index (κ3) is 12.5. The molecule has 0 unspecified atom stereocenters. The molecule has 9 nitrogen and oxygen atoms in total. The van der Waals surface area contributed by atoms with Gasteiger partial charge in [0, 0.05) is 46.0 Å². The Morgan fingerprint density at radius 1 is 0.889 bits per heavy atom. The summed E-state index contributed by atoms with van der Waals surface area (Å²) < 4.78 is 98.4. The van der Waals surface area contributed by atoms with Gasteiger partial charge in [0.2, 0.25) is 11.8 Å². The molecule has 2 aromatic carbocycles. The molecule has 0 fully saturated rings. The number of carbonyl (C=O) groups excluding carboxylic acids is 1. The Kier molecular flexibility index (Phi) is 13.5. The monoisotopic (exact) mass is 647 g/mol. The fraction of sp³-hybridized carbons (Fsp3) is 0.414. The summed E-state index contributed by atoms with van der Waals surface area (Å²) in [5, 5.41) is 2.95. The van der Waals surface area contributed by atoms with Crippen LogP contribution in [-0.2, 0) is 18.9 Å². The molecular formula is C29H36F7N7O2. The first kappa shape index (κ1) is 37.2. The summed E-state index contributed by atoms with van der Waals surface area (Å²) in [4.78, 5) is 26.3. The van der Waals surface area contributed by atoms with E-state index >= 15 is 0 Å². The smallest absolute Gasteiger partial charge is 0.416 e. The van der Waals surface area contributed by atoms with Crippen molar-refractivity contribution in [2.45, 2.75) is 18.9 Å². The highest BCUT2D eigenvalue weighted by Gasteiger charge is 2.37. The van der Waals surface area contributed by atoms with E-state index < -0.39 is 47.3 Å². The van der Waals surface area contributed by atoms with E-state index in [4.69, 9.17) is 10.5 Å². The molecule has 45 heavy (non-hydrogen) atoms. The van der Waals surface area contributed by atoms with Gasteiger partial charge in [-0.3, -0.25) is 4.79 Å². The van der Waals surface area contributed by atoms with Crippen molar-refractivity contribution in [3.63, 3.8) is 0 Å². The molecule has 0 saturated heterocycles. The number of ether oxygens (including phenoxy) is 1. The zero-order valence-corrected chi connectivity index (χ0v) is 25.4. The molecule has 0 saturated carbocycles. The van der Waals surface area contributed by atoms with Gasteiger partial charge in [0.1, 0.15) is 17.1 Å². The second-order valence-electron chi connectivity index (χ2n) is 10.4. The van der Waals surface area contributed by atoms with E-state index in [-0.39, 0.29) is 29.2 Å². The van der Waals surface area contributed by atoms with Crippen LogP contribution in [0.2, 0.25) is 0 Å². The molecule has 3 aromatic rings. The lowest BCUT2D eigenvalue weighted by atomic mass is 10.0. The minimum atomic E-state index is -5.03. The van der Waals surface area contributed by atoms with E-state index in [0.29, 0.717) is 25.2 Å². The van der Waals surface area contributed by atoms with Crippen LogP contribution in [0.1, 0.15) is 27.0 Å². The molecule has 1 aromatic heterocycles. The third-order valence-corrected chi connectivity index (χ3v) is 5.84. The number of rotatable bonds is 11. The summed E-state index contributed by atoms with van der Waals surface area (Å²) in [5.74, 6) is -1.40. The van der Waals surface area contributed by atoms with Gasteiger partial charge in [-0.25, -0.2) is 9.37 Å². The predicted octanol–water partition coefficient (Wildman–Crippen LogP) is 5.20. The summed E-state index contributed by atoms with van der Waals surface area (Å²) in [6.07, 6.45) is -8.94. The number of aromatic nitrogens is 2. The second kappa shape index (κ2) is 16.3. The average Bonchev–Trinajstić information content (AvgIpc) is 2.93. The lowest BCUT2D eigenvalue weighted by Crippen LogP contribution is -2.28. The topological polar surface area (TPSA) is 99.9 Å². The van der Waals surface area contributed by atoms with Gasteiger partial charge in [-0.1, -0.05) is 0 Å². The molecular weight excluding hydrogens is 611 g/mol. The minimum Gasteiger partial charge on any atom is -0.438 e. The third-order valence-electron chi connectivity index (χ3n) is 5.84. The Morgan fingerprint density at radius 3 is 1.91 bits per heavy atom. The maximum absolute atomic E-state index is 13.3. The van der Waals surface area contributed by atoms with Gasteiger partial charge in [-0.05, 0) is 76.2 Å². The fourth-order valence-corrected chi connectivity index (χ4v) is 3.60. The fourth-order valence-electron chi connectivity index (χ4n) is 3.60. The molecule has 0 spiro atoms. The van der Waals surface area contributed by atoms with Crippen molar-refractivity contribution < 1.29 is 40.3 Å². The normalized spacial score (nSPS) is 11.7. The summed E-state index contributed by atoms with van der Waals surface area (Å²) in [6, 6.07) is 5.91. The van der Waals surface area contributed by atoms with E-state index in [1.165, 1.54) is 19.2 Å². The summed E-state index contributed by atoms with van der Waals surface area (Å²) in [6.45, 7) is 2.21. The van der Waals surface area contributed by atoms with E-state index in [0.717, 1.165) is 36.3 Å². The summed E-state index contributed by atoms with van der Waals surface area (Å²) >= 11 is 0. The number of benzene rings is 2. The van der Waals surface area contributed by atoms with E-state index in [9.17, 15) is 35.5 Å². The van der Waals surface area contributed by atoms with Crippen LogP contribution in [0.5, 0.6) is 11.6 Å². The van der Waals surface area contributed by atoms with Crippen LogP contribution < -0.4 is 15.8 Å². The molecule has 3 rings (SSSR count). The number of likely N-dealkylation sites (N-methyl/N-ethyl adjacent to an activating group) is 2. The molecule has 16 heteroatoms. The molecule has 0 aliphatic carbocycles. The summed E-state index contributed by atoms with van der Waals surface area (Å²) in [5.41, 5.74) is 1.59. The zero-order valence-electron chi connectivity index (χ0n) is 25.4. The van der Waals surface area contributed by atoms with Crippen molar-refractivity contribution in [3.05, 3.63) is 76.7 Å². The Hall–Kier alpha value is -4.02. The first-order valence-electron chi connectivity index (χ1n) is 13.5. The van der Waals surface area contributed by atoms with Crippen LogP contribution in [0.4, 0.5) is 36.7 Å². The van der Waals surface area contributed by atoms with Crippen LogP contribution >= 0.6 is 0 Å². The van der Waals surface area contributed by atoms with Crippen LogP contribution in [0, 0.1) is 5.82 Å². The van der Waals surface area contributed by atoms with Crippen molar-refractivity contribution in [2.24, 2.45) is 5.73 Å². The quantitative estimate of drug-likeness (QED) is 0.274. The van der Waals surface area contributed by atoms with Gasteiger partial charge in [0.15, 0.2) is 0 Å². The number of hydrogen-bond donors (Lipinski definition) is 2. The molecule has 0 bridgehead atoms. The van der Waals surface area contributed by atoms with Crippen molar-refractivity contribution in [3.8, 4) is 11.6 Å². The highest BCUT2D eigenvalue weighted by molar-refractivity contribution is 5.96. The molecule has 0 aliphatic rings. The zero-order chi connectivity index (χ0) is 33.9. The Morgan fingerprint density at radius 2 is 1.44 bits per heavy atom. The number of halogens is 7.